The summed E-state index contributed by atoms with van der Waals surface area (Å²) in [6.07, 6.45) is 8.63. The number of thiophene rings is 1. The smallest absolute Gasteiger partial charge is 0.264 e. The molecular weight excluding hydrogens is 442 g/mol. The molecule has 162 valence electrons. The minimum Gasteiger partial charge on any atom is -0.334 e. The fourth-order valence-electron chi connectivity index (χ4n) is 4.04. The molecule has 0 unspecified atom stereocenters. The molecule has 0 saturated heterocycles. The molecule has 1 aromatic carbocycles. The number of fused-ring (bicyclic) bond motifs is 1. The second-order valence-corrected chi connectivity index (χ2v) is 10.8. The highest BCUT2D eigenvalue weighted by Gasteiger charge is 2.25. The van der Waals surface area contributed by atoms with Gasteiger partial charge in [-0.3, -0.25) is 9.78 Å². The lowest BCUT2D eigenvalue weighted by Crippen LogP contribution is -2.34. The van der Waals surface area contributed by atoms with Gasteiger partial charge in [0.05, 0.1) is 33.1 Å². The molecule has 0 bridgehead atoms. The third-order valence-electron chi connectivity index (χ3n) is 5.74. The van der Waals surface area contributed by atoms with E-state index in [2.05, 4.69) is 17.1 Å². The number of amides is 1. The molecule has 6 nitrogen and oxygen atoms in total. The van der Waals surface area contributed by atoms with E-state index in [0.717, 1.165) is 40.2 Å². The summed E-state index contributed by atoms with van der Waals surface area (Å²) in [5, 5.41) is 1.92. The van der Waals surface area contributed by atoms with Crippen LogP contribution in [-0.4, -0.2) is 48.5 Å². The number of sulfone groups is 1. The number of benzene rings is 1. The van der Waals surface area contributed by atoms with E-state index in [1.165, 1.54) is 23.2 Å². The van der Waals surface area contributed by atoms with Crippen molar-refractivity contribution < 1.29 is 13.2 Å². The van der Waals surface area contributed by atoms with Crippen LogP contribution in [0, 0.1) is 0 Å². The molecular formula is C24H21N3O3S2. The van der Waals surface area contributed by atoms with Gasteiger partial charge in [0, 0.05) is 36.9 Å². The van der Waals surface area contributed by atoms with Gasteiger partial charge in [-0.05, 0) is 35.6 Å². The molecule has 0 atom stereocenters. The molecule has 0 fully saturated rings. The zero-order valence-electron chi connectivity index (χ0n) is 17.5. The largest absolute Gasteiger partial charge is 0.334 e. The van der Waals surface area contributed by atoms with Gasteiger partial charge in [0.2, 0.25) is 0 Å². The molecule has 2 aliphatic rings. The summed E-state index contributed by atoms with van der Waals surface area (Å²) in [6.45, 7) is 1.24. The number of nitrogens with zero attached hydrogens (tertiary/aromatic N) is 3. The molecule has 1 aliphatic carbocycles. The fraction of sp³-hybridized carbons (Fsp3) is 0.208. The molecule has 32 heavy (non-hydrogen) atoms. The maximum absolute atomic E-state index is 12.6. The van der Waals surface area contributed by atoms with Crippen LogP contribution < -0.4 is 0 Å². The minimum atomic E-state index is -3.30. The SMILES string of the molecule is CS(=O)(=O)c1cccc(-c2cnc3c(n2)C(C2=CCN(C(=O)c4cccs4)CC2)=CC3)c1. The first-order chi connectivity index (χ1) is 15.4. The molecule has 8 heteroatoms. The summed E-state index contributed by atoms with van der Waals surface area (Å²) in [7, 11) is -3.30. The Morgan fingerprint density at radius 1 is 1.16 bits per heavy atom. The number of rotatable bonds is 4. The van der Waals surface area contributed by atoms with Crippen LogP contribution in [0.5, 0.6) is 0 Å². The summed E-state index contributed by atoms with van der Waals surface area (Å²) >= 11 is 1.46. The lowest BCUT2D eigenvalue weighted by molar-refractivity contribution is 0.0774. The van der Waals surface area contributed by atoms with E-state index < -0.39 is 9.84 Å². The second-order valence-electron chi connectivity index (χ2n) is 7.88. The van der Waals surface area contributed by atoms with Crippen LogP contribution in [-0.2, 0) is 16.3 Å². The quantitative estimate of drug-likeness (QED) is 0.584. The standard InChI is InChI=1S/C24H21N3O3S2/c1-32(29,30)18-5-2-4-17(14-18)21-15-25-20-8-7-19(23(20)26-21)16-9-11-27(12-10-16)24(28)22-6-3-13-31-22/h2-7,9,13-15H,8,10-12H2,1H3. The molecule has 1 aliphatic heterocycles. The number of carbonyl (C=O) groups excluding carboxylic acids is 1. The number of hydrogen-bond donors (Lipinski definition) is 0. The molecule has 0 spiro atoms. The van der Waals surface area contributed by atoms with E-state index in [1.54, 1.807) is 24.4 Å². The number of carbonyl (C=O) groups is 1. The highest BCUT2D eigenvalue weighted by atomic mass is 32.2. The highest BCUT2D eigenvalue weighted by molar-refractivity contribution is 7.90. The van der Waals surface area contributed by atoms with E-state index in [1.807, 2.05) is 28.5 Å². The summed E-state index contributed by atoms with van der Waals surface area (Å²) in [5.41, 5.74) is 5.37. The van der Waals surface area contributed by atoms with Crippen LogP contribution in [0.4, 0.5) is 0 Å². The van der Waals surface area contributed by atoms with Crippen molar-refractivity contribution in [1.82, 2.24) is 14.9 Å². The van der Waals surface area contributed by atoms with Crippen LogP contribution in [0.3, 0.4) is 0 Å². The van der Waals surface area contributed by atoms with Gasteiger partial charge in [0.25, 0.3) is 5.91 Å². The zero-order valence-corrected chi connectivity index (χ0v) is 19.1. The van der Waals surface area contributed by atoms with Crippen molar-refractivity contribution in [2.45, 2.75) is 17.7 Å². The van der Waals surface area contributed by atoms with E-state index in [0.29, 0.717) is 18.8 Å². The molecule has 0 radical (unpaired) electrons. The van der Waals surface area contributed by atoms with Gasteiger partial charge in [-0.15, -0.1) is 11.3 Å². The maximum atomic E-state index is 12.6. The van der Waals surface area contributed by atoms with Crippen molar-refractivity contribution in [3.05, 3.63) is 82.0 Å². The van der Waals surface area contributed by atoms with Crippen molar-refractivity contribution in [2.24, 2.45) is 0 Å². The van der Waals surface area contributed by atoms with Gasteiger partial charge in [0.15, 0.2) is 9.84 Å². The first-order valence-corrected chi connectivity index (χ1v) is 13.1. The van der Waals surface area contributed by atoms with Crippen LogP contribution in [0.1, 0.15) is 27.5 Å². The number of hydrogen-bond acceptors (Lipinski definition) is 6. The van der Waals surface area contributed by atoms with E-state index >= 15 is 0 Å². The van der Waals surface area contributed by atoms with Gasteiger partial charge >= 0.3 is 0 Å². The molecule has 0 saturated carbocycles. The van der Waals surface area contributed by atoms with Crippen molar-refractivity contribution >= 4 is 32.7 Å². The predicted molar refractivity (Wildman–Crippen MR) is 125 cm³/mol. The normalized spacial score (nSPS) is 15.8. The molecule has 5 rings (SSSR count). The summed E-state index contributed by atoms with van der Waals surface area (Å²) < 4.78 is 23.9. The number of aromatic nitrogens is 2. The van der Waals surface area contributed by atoms with Gasteiger partial charge in [-0.25, -0.2) is 13.4 Å². The van der Waals surface area contributed by atoms with Crippen molar-refractivity contribution in [3.8, 4) is 11.3 Å². The number of allylic oxidation sites excluding steroid dienone is 2. The lowest BCUT2D eigenvalue weighted by atomic mass is 9.98. The summed E-state index contributed by atoms with van der Waals surface area (Å²) in [6, 6.07) is 10.5. The Kier molecular flexibility index (Phi) is 5.27. The Hall–Kier alpha value is -3.10. The Labute approximate surface area is 190 Å². The van der Waals surface area contributed by atoms with Crippen molar-refractivity contribution in [1.29, 1.82) is 0 Å². The first kappa shape index (κ1) is 20.8. The fourth-order valence-corrected chi connectivity index (χ4v) is 5.39. The van der Waals surface area contributed by atoms with E-state index in [-0.39, 0.29) is 10.8 Å². The Bertz CT molecular complexity index is 1370. The van der Waals surface area contributed by atoms with Gasteiger partial charge in [-0.1, -0.05) is 30.4 Å². The van der Waals surface area contributed by atoms with Gasteiger partial charge in [0.1, 0.15) is 0 Å². The topological polar surface area (TPSA) is 80.2 Å². The second kappa shape index (κ2) is 8.11. The monoisotopic (exact) mass is 463 g/mol. The molecule has 3 heterocycles. The van der Waals surface area contributed by atoms with Gasteiger partial charge in [-0.2, -0.15) is 0 Å². The van der Waals surface area contributed by atoms with Crippen LogP contribution in [0.25, 0.3) is 16.8 Å². The highest BCUT2D eigenvalue weighted by Crippen LogP contribution is 2.35. The van der Waals surface area contributed by atoms with E-state index in [4.69, 9.17) is 4.98 Å². The molecule has 2 aromatic heterocycles. The third kappa shape index (κ3) is 3.91. The van der Waals surface area contributed by atoms with Gasteiger partial charge < -0.3 is 4.90 Å². The van der Waals surface area contributed by atoms with Crippen molar-refractivity contribution in [2.75, 3.05) is 19.3 Å². The summed E-state index contributed by atoms with van der Waals surface area (Å²) in [5.74, 6) is 0.0731. The lowest BCUT2D eigenvalue weighted by Gasteiger charge is -2.26. The zero-order chi connectivity index (χ0) is 22.3. The van der Waals surface area contributed by atoms with E-state index in [9.17, 15) is 13.2 Å². The predicted octanol–water partition coefficient (Wildman–Crippen LogP) is 4.02. The van der Waals surface area contributed by atoms with Crippen LogP contribution >= 0.6 is 11.3 Å². The van der Waals surface area contributed by atoms with Crippen LogP contribution in [0.15, 0.2) is 70.6 Å². The molecule has 3 aromatic rings. The van der Waals surface area contributed by atoms with Crippen molar-refractivity contribution in [3.63, 3.8) is 0 Å². The Morgan fingerprint density at radius 2 is 2.03 bits per heavy atom. The minimum absolute atomic E-state index is 0.0731. The summed E-state index contributed by atoms with van der Waals surface area (Å²) in [4.78, 5) is 25.0. The van der Waals surface area contributed by atoms with Crippen LogP contribution in [0.2, 0.25) is 0 Å². The maximum Gasteiger partial charge on any atom is 0.264 e. The Balaban J connectivity index is 1.41. The Morgan fingerprint density at radius 3 is 2.75 bits per heavy atom. The average Bonchev–Trinajstić information content (AvgIpc) is 3.48. The molecule has 1 amide bonds. The molecule has 0 N–H and O–H groups in total. The average molecular weight is 464 g/mol. The first-order valence-electron chi connectivity index (χ1n) is 10.3. The third-order valence-corrected chi connectivity index (χ3v) is 7.70.